The van der Waals surface area contributed by atoms with Gasteiger partial charge in [-0.2, -0.15) is 5.10 Å². The number of hydrogen-bond donors (Lipinski definition) is 2. The lowest BCUT2D eigenvalue weighted by molar-refractivity contribution is 0.368. The summed E-state index contributed by atoms with van der Waals surface area (Å²) in [5.74, 6) is 1.40. The lowest BCUT2D eigenvalue weighted by Gasteiger charge is -2.15. The van der Waals surface area contributed by atoms with Crippen molar-refractivity contribution in [2.75, 3.05) is 26.7 Å². The SMILES string of the molecule is C=C(C)/C=C(\C=C(/C)CN1CCCC1)c1ccc2[nH]nc(-c3nc4nccc(-c5cccc(OC)c5)c4[nH]3)c2n1. The molecule has 5 aromatic rings. The third kappa shape index (κ3) is 5.18. The van der Waals surface area contributed by atoms with Crippen LogP contribution in [0.5, 0.6) is 5.75 Å². The molecule has 8 heteroatoms. The lowest BCUT2D eigenvalue weighted by Crippen LogP contribution is -2.21. The van der Waals surface area contributed by atoms with Gasteiger partial charge in [0.05, 0.1) is 23.8 Å². The number of rotatable bonds is 8. The minimum absolute atomic E-state index is 0.611. The molecule has 0 atom stereocenters. The normalized spacial score (nSPS) is 14.9. The molecule has 4 aromatic heterocycles. The molecule has 0 spiro atoms. The monoisotopic (exact) mass is 531 g/mol. The molecule has 2 N–H and O–H groups in total. The van der Waals surface area contributed by atoms with Gasteiger partial charge in [-0.25, -0.2) is 15.0 Å². The molecule has 0 unspecified atom stereocenters. The van der Waals surface area contributed by atoms with E-state index < -0.39 is 0 Å². The lowest BCUT2D eigenvalue weighted by atomic mass is 10.0. The third-order valence-corrected chi connectivity index (χ3v) is 7.18. The highest BCUT2D eigenvalue weighted by Gasteiger charge is 2.18. The van der Waals surface area contributed by atoms with Gasteiger partial charge in [-0.05, 0) is 75.7 Å². The number of nitrogens with zero attached hydrogens (tertiary/aromatic N) is 5. The second-order valence-electron chi connectivity index (χ2n) is 10.5. The summed E-state index contributed by atoms with van der Waals surface area (Å²) in [6.07, 6.45) is 8.65. The first-order chi connectivity index (χ1) is 19.5. The highest BCUT2D eigenvalue weighted by Crippen LogP contribution is 2.32. The number of methoxy groups -OCH3 is 1. The van der Waals surface area contributed by atoms with Gasteiger partial charge < -0.3 is 9.72 Å². The van der Waals surface area contributed by atoms with Crippen LogP contribution < -0.4 is 4.74 Å². The number of hydrogen-bond acceptors (Lipinski definition) is 6. The Morgan fingerprint density at radius 2 is 1.93 bits per heavy atom. The van der Waals surface area contributed by atoms with E-state index in [2.05, 4.69) is 50.7 Å². The summed E-state index contributed by atoms with van der Waals surface area (Å²) >= 11 is 0. The van der Waals surface area contributed by atoms with Crippen LogP contribution in [0.25, 0.3) is 50.4 Å². The van der Waals surface area contributed by atoms with E-state index in [9.17, 15) is 0 Å². The topological polar surface area (TPSA) is 95.6 Å². The number of nitrogens with one attached hydrogen (secondary N) is 2. The summed E-state index contributed by atoms with van der Waals surface area (Å²) in [6, 6.07) is 14.0. The number of fused-ring (bicyclic) bond motifs is 2. The van der Waals surface area contributed by atoms with Gasteiger partial charge in [0, 0.05) is 23.9 Å². The number of likely N-dealkylation sites (tertiary alicyclic amines) is 1. The van der Waals surface area contributed by atoms with Crippen LogP contribution in [0.4, 0.5) is 0 Å². The van der Waals surface area contributed by atoms with Crippen LogP contribution >= 0.6 is 0 Å². The molecule has 1 aliphatic heterocycles. The molecular weight excluding hydrogens is 498 g/mol. The number of pyridine rings is 2. The molecule has 8 nitrogen and oxygen atoms in total. The van der Waals surface area contributed by atoms with Gasteiger partial charge >= 0.3 is 0 Å². The van der Waals surface area contributed by atoms with E-state index in [1.807, 2.05) is 49.4 Å². The minimum Gasteiger partial charge on any atom is -0.497 e. The van der Waals surface area contributed by atoms with Gasteiger partial charge in [-0.1, -0.05) is 42.0 Å². The van der Waals surface area contributed by atoms with Gasteiger partial charge in [0.1, 0.15) is 11.3 Å². The number of aromatic amines is 2. The summed E-state index contributed by atoms with van der Waals surface area (Å²) in [4.78, 5) is 20.3. The predicted octanol–water partition coefficient (Wildman–Crippen LogP) is 6.57. The maximum atomic E-state index is 5.43. The Labute approximate surface area is 233 Å². The van der Waals surface area contributed by atoms with Gasteiger partial charge in [0.2, 0.25) is 0 Å². The van der Waals surface area contributed by atoms with Crippen LogP contribution in [0.15, 0.2) is 78.5 Å². The van der Waals surface area contributed by atoms with Crippen LogP contribution in [0, 0.1) is 0 Å². The van der Waals surface area contributed by atoms with Crippen molar-refractivity contribution in [1.82, 2.24) is 35.0 Å². The van der Waals surface area contributed by atoms with Crippen LogP contribution in [-0.2, 0) is 0 Å². The molecule has 202 valence electrons. The zero-order chi connectivity index (χ0) is 27.6. The molecule has 1 saturated heterocycles. The average molecular weight is 532 g/mol. The smallest absolute Gasteiger partial charge is 0.178 e. The van der Waals surface area contributed by atoms with Crippen LogP contribution in [0.2, 0.25) is 0 Å². The summed E-state index contributed by atoms with van der Waals surface area (Å²) in [5.41, 5.74) is 9.87. The Hall–Kier alpha value is -4.56. The molecular formula is C32H33N7O. The maximum Gasteiger partial charge on any atom is 0.178 e. The number of aromatic nitrogens is 6. The second-order valence-corrected chi connectivity index (χ2v) is 10.5. The molecule has 40 heavy (non-hydrogen) atoms. The molecule has 1 fully saturated rings. The van der Waals surface area contributed by atoms with Gasteiger partial charge in [-0.15, -0.1) is 0 Å². The van der Waals surface area contributed by atoms with Crippen molar-refractivity contribution in [3.8, 4) is 28.4 Å². The first-order valence-electron chi connectivity index (χ1n) is 13.6. The molecule has 0 bridgehead atoms. The fourth-order valence-corrected chi connectivity index (χ4v) is 5.34. The summed E-state index contributed by atoms with van der Waals surface area (Å²) in [5, 5.41) is 7.71. The molecule has 6 rings (SSSR count). The third-order valence-electron chi connectivity index (χ3n) is 7.18. The van der Waals surface area contributed by atoms with Crippen molar-refractivity contribution in [2.45, 2.75) is 26.7 Å². The molecule has 5 heterocycles. The summed E-state index contributed by atoms with van der Waals surface area (Å²) in [7, 11) is 1.67. The van der Waals surface area contributed by atoms with Crippen molar-refractivity contribution in [3.05, 3.63) is 84.2 Å². The highest BCUT2D eigenvalue weighted by atomic mass is 16.5. The molecule has 0 radical (unpaired) electrons. The van der Waals surface area contributed by atoms with Crippen molar-refractivity contribution in [3.63, 3.8) is 0 Å². The van der Waals surface area contributed by atoms with Gasteiger partial charge in [-0.3, -0.25) is 10.00 Å². The molecule has 1 aromatic carbocycles. The number of benzene rings is 1. The Kier molecular flexibility index (Phi) is 7.00. The summed E-state index contributed by atoms with van der Waals surface area (Å²) in [6.45, 7) is 11.6. The van der Waals surface area contributed by atoms with E-state index in [-0.39, 0.29) is 0 Å². The summed E-state index contributed by atoms with van der Waals surface area (Å²) < 4.78 is 5.43. The highest BCUT2D eigenvalue weighted by molar-refractivity contribution is 5.95. The minimum atomic E-state index is 0.611. The van der Waals surface area contributed by atoms with Crippen LogP contribution in [0.3, 0.4) is 0 Å². The fraction of sp³-hybridized carbons (Fsp3) is 0.250. The Morgan fingerprint density at radius 3 is 2.73 bits per heavy atom. The molecule has 0 saturated carbocycles. The van der Waals surface area contributed by atoms with Gasteiger partial charge in [0.25, 0.3) is 0 Å². The Morgan fingerprint density at radius 1 is 1.07 bits per heavy atom. The van der Waals surface area contributed by atoms with E-state index >= 15 is 0 Å². The van der Waals surface area contributed by atoms with E-state index in [0.29, 0.717) is 17.2 Å². The second kappa shape index (κ2) is 10.9. The average Bonchev–Trinajstić information content (AvgIpc) is 3.71. The number of ether oxygens (including phenoxy) is 1. The van der Waals surface area contributed by atoms with E-state index in [1.54, 1.807) is 13.3 Å². The zero-order valence-corrected chi connectivity index (χ0v) is 23.2. The van der Waals surface area contributed by atoms with E-state index in [4.69, 9.17) is 14.7 Å². The standard InChI is InChI=1S/C32H33N7O/c1-20(2)16-23(17-21(3)19-39-14-5-6-15-39)26-10-11-27-29(34-26)30(38-37-27)32-35-28-25(12-13-33-31(28)36-32)22-8-7-9-24(18-22)40-4/h7-13,16-18H,1,5-6,14-15,19H2,2-4H3,(H,37,38)(H,33,35,36)/b21-17+,23-16+. The molecule has 0 amide bonds. The fourth-order valence-electron chi connectivity index (χ4n) is 5.34. The first-order valence-corrected chi connectivity index (χ1v) is 13.6. The number of allylic oxidation sites excluding steroid dienone is 4. The zero-order valence-electron chi connectivity index (χ0n) is 23.2. The Bertz CT molecular complexity index is 1770. The van der Waals surface area contributed by atoms with Gasteiger partial charge in [0.15, 0.2) is 17.2 Å². The number of H-pyrrole nitrogens is 2. The predicted molar refractivity (Wildman–Crippen MR) is 161 cm³/mol. The number of imidazole rings is 1. The Balaban J connectivity index is 1.40. The quantitative estimate of drug-likeness (QED) is 0.220. The maximum absolute atomic E-state index is 5.43. The van der Waals surface area contributed by atoms with Crippen LogP contribution in [0.1, 0.15) is 32.4 Å². The van der Waals surface area contributed by atoms with Crippen molar-refractivity contribution < 1.29 is 4.74 Å². The van der Waals surface area contributed by atoms with E-state index in [0.717, 1.165) is 56.8 Å². The van der Waals surface area contributed by atoms with Crippen molar-refractivity contribution in [1.29, 1.82) is 0 Å². The van der Waals surface area contributed by atoms with Crippen molar-refractivity contribution >= 4 is 27.8 Å². The first kappa shape index (κ1) is 25.7. The largest absolute Gasteiger partial charge is 0.497 e. The molecule has 0 aliphatic carbocycles. The van der Waals surface area contributed by atoms with Crippen molar-refractivity contribution in [2.24, 2.45) is 0 Å². The molecule has 1 aliphatic rings. The van der Waals surface area contributed by atoms with E-state index in [1.165, 1.54) is 31.5 Å². The van der Waals surface area contributed by atoms with Crippen LogP contribution in [-0.4, -0.2) is 61.8 Å².